The van der Waals surface area contributed by atoms with Crippen molar-refractivity contribution in [3.63, 3.8) is 0 Å². The Bertz CT molecular complexity index is 1180. The molecule has 1 aliphatic rings. The molecule has 30 heavy (non-hydrogen) atoms. The number of rotatable bonds is 7. The summed E-state index contributed by atoms with van der Waals surface area (Å²) in [6.07, 6.45) is 0.710. The van der Waals surface area contributed by atoms with Gasteiger partial charge in [0.2, 0.25) is 10.0 Å². The molecule has 0 saturated carbocycles. The van der Waals surface area contributed by atoms with Gasteiger partial charge in [-0.25, -0.2) is 17.9 Å². The van der Waals surface area contributed by atoms with E-state index in [1.807, 2.05) is 18.2 Å². The molecule has 1 saturated heterocycles. The third-order valence-electron chi connectivity index (χ3n) is 5.19. The Hall–Kier alpha value is -2.33. The number of nitrogens with one attached hydrogen (secondary N) is 2. The van der Waals surface area contributed by atoms with Crippen LogP contribution in [0.5, 0.6) is 0 Å². The zero-order valence-corrected chi connectivity index (χ0v) is 17.9. The number of oxazole rings is 1. The van der Waals surface area contributed by atoms with Crippen LogP contribution < -0.4 is 15.4 Å². The average Bonchev–Trinajstić information content (AvgIpc) is 3.12. The van der Waals surface area contributed by atoms with Crippen molar-refractivity contribution in [1.29, 1.82) is 0 Å². The molecule has 0 atom stereocenters. The highest BCUT2D eigenvalue weighted by Gasteiger charge is 2.20. The Kier molecular flexibility index (Phi) is 6.14. The minimum atomic E-state index is -3.55. The Balaban J connectivity index is 1.26. The van der Waals surface area contributed by atoms with Crippen LogP contribution in [0.1, 0.15) is 6.42 Å². The number of aromatic amines is 1. The van der Waals surface area contributed by atoms with Crippen molar-refractivity contribution in [2.24, 2.45) is 0 Å². The topological polar surface area (TPSA) is 98.6 Å². The zero-order chi connectivity index (χ0) is 21.1. The van der Waals surface area contributed by atoms with Gasteiger partial charge in [0.25, 0.3) is 0 Å². The molecule has 2 aromatic carbocycles. The number of aromatic nitrogens is 1. The lowest BCUT2D eigenvalue weighted by Crippen LogP contribution is -2.47. The van der Waals surface area contributed by atoms with E-state index in [4.69, 9.17) is 16.0 Å². The molecule has 160 valence electrons. The molecule has 2 N–H and O–H groups in total. The van der Waals surface area contributed by atoms with E-state index in [-0.39, 0.29) is 4.90 Å². The number of piperazine rings is 1. The Morgan fingerprint density at radius 1 is 1.10 bits per heavy atom. The molecule has 0 amide bonds. The van der Waals surface area contributed by atoms with Gasteiger partial charge in [-0.2, -0.15) is 0 Å². The zero-order valence-electron chi connectivity index (χ0n) is 16.3. The molecule has 0 aliphatic carbocycles. The van der Waals surface area contributed by atoms with Crippen molar-refractivity contribution in [3.05, 3.63) is 58.0 Å². The summed E-state index contributed by atoms with van der Waals surface area (Å²) in [6.45, 7) is 4.49. The molecule has 0 unspecified atom stereocenters. The van der Waals surface area contributed by atoms with Crippen molar-refractivity contribution in [1.82, 2.24) is 14.6 Å². The second kappa shape index (κ2) is 8.81. The number of hydrogen-bond donors (Lipinski definition) is 2. The van der Waals surface area contributed by atoms with E-state index in [0.29, 0.717) is 29.1 Å². The van der Waals surface area contributed by atoms with Gasteiger partial charge < -0.3 is 9.32 Å². The number of benzene rings is 2. The molecule has 2 heterocycles. The summed E-state index contributed by atoms with van der Waals surface area (Å²) in [6, 6.07) is 11.9. The molecule has 8 nitrogen and oxygen atoms in total. The van der Waals surface area contributed by atoms with Crippen molar-refractivity contribution >= 4 is 38.4 Å². The summed E-state index contributed by atoms with van der Waals surface area (Å²) in [7, 11) is -3.55. The SMILES string of the molecule is O=c1[nH]c2cccc(N3CCN(CCCNS(=O)(=O)c4cccc(Cl)c4)CC3)c2o1. The summed E-state index contributed by atoms with van der Waals surface area (Å²) in [4.78, 5) is 18.9. The molecular weight excluding hydrogens is 428 g/mol. The highest BCUT2D eigenvalue weighted by Crippen LogP contribution is 2.25. The lowest BCUT2D eigenvalue weighted by atomic mass is 10.2. The number of halogens is 1. The summed E-state index contributed by atoms with van der Waals surface area (Å²) in [5, 5.41) is 0.394. The van der Waals surface area contributed by atoms with Crippen LogP contribution in [0.3, 0.4) is 0 Å². The van der Waals surface area contributed by atoms with E-state index in [2.05, 4.69) is 19.5 Å². The molecule has 1 fully saturated rings. The predicted octanol–water partition coefficient (Wildman–Crippen LogP) is 2.27. The van der Waals surface area contributed by atoms with E-state index in [1.165, 1.54) is 12.1 Å². The van der Waals surface area contributed by atoms with Gasteiger partial charge in [-0.1, -0.05) is 23.7 Å². The van der Waals surface area contributed by atoms with E-state index < -0.39 is 15.8 Å². The van der Waals surface area contributed by atoms with E-state index >= 15 is 0 Å². The number of para-hydroxylation sites is 1. The van der Waals surface area contributed by atoms with Crippen LogP contribution in [0.15, 0.2) is 56.6 Å². The number of nitrogens with zero attached hydrogens (tertiary/aromatic N) is 2. The molecule has 0 radical (unpaired) electrons. The van der Waals surface area contributed by atoms with Crippen LogP contribution in [0, 0.1) is 0 Å². The quantitative estimate of drug-likeness (QED) is 0.536. The first-order valence-electron chi connectivity index (χ1n) is 9.77. The van der Waals surface area contributed by atoms with Crippen molar-refractivity contribution in [3.8, 4) is 0 Å². The third-order valence-corrected chi connectivity index (χ3v) is 6.88. The van der Waals surface area contributed by atoms with Crippen LogP contribution in [-0.4, -0.2) is 57.6 Å². The second-order valence-electron chi connectivity index (χ2n) is 7.21. The first-order valence-corrected chi connectivity index (χ1v) is 11.6. The monoisotopic (exact) mass is 450 g/mol. The molecule has 1 aromatic heterocycles. The van der Waals surface area contributed by atoms with Gasteiger partial charge in [0.1, 0.15) is 0 Å². The summed E-state index contributed by atoms with van der Waals surface area (Å²) >= 11 is 5.88. The third kappa shape index (κ3) is 4.70. The Labute approximate surface area is 179 Å². The summed E-state index contributed by atoms with van der Waals surface area (Å²) in [5.41, 5.74) is 2.21. The highest BCUT2D eigenvalue weighted by atomic mass is 35.5. The van der Waals surface area contributed by atoms with Crippen LogP contribution in [0.4, 0.5) is 5.69 Å². The molecule has 1 aliphatic heterocycles. The van der Waals surface area contributed by atoms with Gasteiger partial charge in [-0.3, -0.25) is 9.88 Å². The first kappa shape index (κ1) is 20.9. The molecule has 10 heteroatoms. The maximum absolute atomic E-state index is 12.3. The summed E-state index contributed by atoms with van der Waals surface area (Å²) in [5.74, 6) is -0.448. The normalized spacial score (nSPS) is 15.7. The van der Waals surface area contributed by atoms with Crippen LogP contribution in [0.25, 0.3) is 11.1 Å². The second-order valence-corrected chi connectivity index (χ2v) is 9.41. The largest absolute Gasteiger partial charge is 0.417 e. The van der Waals surface area contributed by atoms with Gasteiger partial charge in [-0.05, 0) is 43.3 Å². The lowest BCUT2D eigenvalue weighted by molar-refractivity contribution is 0.255. The van der Waals surface area contributed by atoms with Crippen molar-refractivity contribution < 1.29 is 12.8 Å². The highest BCUT2D eigenvalue weighted by molar-refractivity contribution is 7.89. The van der Waals surface area contributed by atoms with E-state index in [1.54, 1.807) is 12.1 Å². The molecule has 0 bridgehead atoms. The van der Waals surface area contributed by atoms with Gasteiger partial charge >= 0.3 is 5.76 Å². The standard InChI is InChI=1S/C20H23ClN4O4S/c21-15-4-1-5-16(14-15)30(27,28)22-8-3-9-24-10-12-25(13-11-24)18-7-2-6-17-19(18)29-20(26)23-17/h1-2,4-7,14,22H,3,8-13H2,(H,23,26). The van der Waals surface area contributed by atoms with Gasteiger partial charge in [0.05, 0.1) is 16.1 Å². The smallest absolute Gasteiger partial charge is 0.406 e. The Morgan fingerprint density at radius 2 is 1.87 bits per heavy atom. The fourth-order valence-corrected chi connectivity index (χ4v) is 5.02. The van der Waals surface area contributed by atoms with E-state index in [0.717, 1.165) is 38.4 Å². The first-order chi connectivity index (χ1) is 14.4. The maximum Gasteiger partial charge on any atom is 0.417 e. The molecule has 3 aromatic rings. The number of sulfonamides is 1. The van der Waals surface area contributed by atoms with Gasteiger partial charge in [-0.15, -0.1) is 0 Å². The Morgan fingerprint density at radius 3 is 2.63 bits per heavy atom. The van der Waals surface area contributed by atoms with Crippen molar-refractivity contribution in [2.45, 2.75) is 11.3 Å². The fraction of sp³-hybridized carbons (Fsp3) is 0.350. The molecular formula is C20H23ClN4O4S. The van der Waals surface area contributed by atoms with Crippen LogP contribution in [-0.2, 0) is 10.0 Å². The lowest BCUT2D eigenvalue weighted by Gasteiger charge is -2.36. The van der Waals surface area contributed by atoms with E-state index in [9.17, 15) is 13.2 Å². The van der Waals surface area contributed by atoms with Crippen LogP contribution >= 0.6 is 11.6 Å². The van der Waals surface area contributed by atoms with Crippen molar-refractivity contribution in [2.75, 3.05) is 44.2 Å². The van der Waals surface area contributed by atoms with Gasteiger partial charge in [0.15, 0.2) is 5.58 Å². The average molecular weight is 451 g/mol. The minimum Gasteiger partial charge on any atom is -0.406 e. The summed E-state index contributed by atoms with van der Waals surface area (Å²) < 4.78 is 32.6. The minimum absolute atomic E-state index is 0.175. The number of fused-ring (bicyclic) bond motifs is 1. The molecule has 0 spiro atoms. The van der Waals surface area contributed by atoms with Gasteiger partial charge in [0, 0.05) is 37.7 Å². The van der Waals surface area contributed by atoms with Crippen LogP contribution in [0.2, 0.25) is 5.02 Å². The number of anilines is 1. The molecule has 4 rings (SSSR count). The predicted molar refractivity (Wildman–Crippen MR) is 117 cm³/mol. The fourth-order valence-electron chi connectivity index (χ4n) is 3.65. The number of H-pyrrole nitrogens is 1. The maximum atomic E-state index is 12.3. The number of hydrogen-bond acceptors (Lipinski definition) is 6.